The molecular formula is C7H6BrClNO3S-. The van der Waals surface area contributed by atoms with Gasteiger partial charge in [0.2, 0.25) is 0 Å². The second kappa shape index (κ2) is 5.18. The molecule has 4 nitrogen and oxygen atoms in total. The first-order valence-electron chi connectivity index (χ1n) is 3.58. The van der Waals surface area contributed by atoms with Crippen molar-refractivity contribution in [2.24, 2.45) is 0 Å². The molecule has 0 amide bonds. The molecule has 2 unspecified atom stereocenters. The van der Waals surface area contributed by atoms with Crippen molar-refractivity contribution in [2.75, 3.05) is 0 Å². The van der Waals surface area contributed by atoms with Crippen LogP contribution in [0.25, 0.3) is 0 Å². The van der Waals surface area contributed by atoms with Gasteiger partial charge in [-0.15, -0.1) is 0 Å². The highest BCUT2D eigenvalue weighted by atomic mass is 79.9. The number of rotatable bonds is 3. The number of hydrogen-bond acceptors (Lipinski definition) is 4. The first-order chi connectivity index (χ1) is 6.50. The fourth-order valence-corrected chi connectivity index (χ4v) is 1.84. The van der Waals surface area contributed by atoms with Crippen LogP contribution in [0.1, 0.15) is 18.6 Å². The van der Waals surface area contributed by atoms with Crippen molar-refractivity contribution in [2.45, 2.75) is 13.0 Å². The summed E-state index contributed by atoms with van der Waals surface area (Å²) in [6.45, 7) is 1.57. The lowest BCUT2D eigenvalue weighted by Gasteiger charge is -2.15. The Kier molecular flexibility index (Phi) is 4.46. The third-order valence-electron chi connectivity index (χ3n) is 1.49. The first-order valence-corrected chi connectivity index (χ1v) is 5.75. The summed E-state index contributed by atoms with van der Waals surface area (Å²) in [5.74, 6) is 0. The van der Waals surface area contributed by atoms with Gasteiger partial charge in [0.25, 0.3) is 0 Å². The minimum absolute atomic E-state index is 0.228. The van der Waals surface area contributed by atoms with Crippen LogP contribution in [0.2, 0.25) is 5.15 Å². The maximum absolute atomic E-state index is 10.3. The third-order valence-corrected chi connectivity index (χ3v) is 2.69. The van der Waals surface area contributed by atoms with Gasteiger partial charge in [-0.3, -0.25) is 4.18 Å². The summed E-state index contributed by atoms with van der Waals surface area (Å²) in [4.78, 5) is 3.84. The molecule has 14 heavy (non-hydrogen) atoms. The van der Waals surface area contributed by atoms with Gasteiger partial charge in [-0.1, -0.05) is 11.6 Å². The average molecular weight is 300 g/mol. The van der Waals surface area contributed by atoms with E-state index in [-0.39, 0.29) is 5.15 Å². The van der Waals surface area contributed by atoms with Crippen molar-refractivity contribution >= 4 is 38.9 Å². The van der Waals surface area contributed by atoms with E-state index in [0.717, 1.165) is 0 Å². The molecule has 1 rings (SSSR count). The topological polar surface area (TPSA) is 62.2 Å². The zero-order valence-corrected chi connectivity index (χ0v) is 10.2. The number of halogens is 2. The summed E-state index contributed by atoms with van der Waals surface area (Å²) in [5.41, 5.74) is 0.519. The lowest BCUT2D eigenvalue weighted by molar-refractivity contribution is 0.223. The maximum Gasteiger partial charge on any atom is 0.134 e. The van der Waals surface area contributed by atoms with Gasteiger partial charge >= 0.3 is 0 Å². The summed E-state index contributed by atoms with van der Waals surface area (Å²) < 4.78 is 25.8. The van der Waals surface area contributed by atoms with Crippen LogP contribution in [-0.4, -0.2) is 13.7 Å². The first kappa shape index (κ1) is 12.1. The quantitative estimate of drug-likeness (QED) is 0.635. The lowest BCUT2D eigenvalue weighted by atomic mass is 10.2. The average Bonchev–Trinajstić information content (AvgIpc) is 2.08. The molecular weight excluding hydrogens is 294 g/mol. The van der Waals surface area contributed by atoms with E-state index in [1.807, 2.05) is 0 Å². The number of hydrogen-bond donors (Lipinski definition) is 0. The molecule has 0 saturated carbocycles. The van der Waals surface area contributed by atoms with Crippen molar-refractivity contribution in [1.29, 1.82) is 0 Å². The number of nitrogens with zero attached hydrogens (tertiary/aromatic N) is 1. The molecule has 1 aromatic heterocycles. The van der Waals surface area contributed by atoms with E-state index < -0.39 is 17.5 Å². The molecule has 7 heteroatoms. The van der Waals surface area contributed by atoms with Crippen LogP contribution >= 0.6 is 27.5 Å². The maximum atomic E-state index is 10.3. The standard InChI is InChI=1S/C7H7BrClNO3S/c1-4(13-14(11)12)6-2-5(8)3-10-7(6)9/h2-4H,1H3,(H,11,12)/p-1. The van der Waals surface area contributed by atoms with Crippen molar-refractivity contribution in [1.82, 2.24) is 4.98 Å². The fraction of sp³-hybridized carbons (Fsp3) is 0.286. The molecule has 0 fully saturated rings. The van der Waals surface area contributed by atoms with E-state index in [9.17, 15) is 8.76 Å². The van der Waals surface area contributed by atoms with E-state index in [2.05, 4.69) is 25.1 Å². The Hall–Kier alpha value is -0.0100. The third kappa shape index (κ3) is 3.29. The summed E-state index contributed by atoms with van der Waals surface area (Å²) in [5, 5.41) is 0.228. The molecule has 0 radical (unpaired) electrons. The second-order valence-corrected chi connectivity index (χ2v) is 4.35. The summed E-state index contributed by atoms with van der Waals surface area (Å²) in [6.07, 6.45) is 0.873. The Morgan fingerprint density at radius 3 is 3.00 bits per heavy atom. The van der Waals surface area contributed by atoms with Crippen LogP contribution < -0.4 is 0 Å². The van der Waals surface area contributed by atoms with Crippen molar-refractivity contribution in [3.63, 3.8) is 0 Å². The van der Waals surface area contributed by atoms with E-state index in [4.69, 9.17) is 11.6 Å². The van der Waals surface area contributed by atoms with Gasteiger partial charge in [-0.2, -0.15) is 0 Å². The fourth-order valence-electron chi connectivity index (χ4n) is 0.893. The lowest BCUT2D eigenvalue weighted by Crippen LogP contribution is -2.03. The summed E-state index contributed by atoms with van der Waals surface area (Å²) >= 11 is 6.40. The van der Waals surface area contributed by atoms with Crippen molar-refractivity contribution in [3.05, 3.63) is 27.5 Å². The smallest absolute Gasteiger partial charge is 0.134 e. The van der Waals surface area contributed by atoms with Crippen LogP contribution in [0, 0.1) is 0 Å². The zero-order chi connectivity index (χ0) is 10.7. The number of aromatic nitrogens is 1. The minimum atomic E-state index is -2.56. The van der Waals surface area contributed by atoms with Crippen LogP contribution in [-0.2, 0) is 15.5 Å². The van der Waals surface area contributed by atoms with Crippen LogP contribution in [0.3, 0.4) is 0 Å². The van der Waals surface area contributed by atoms with Gasteiger partial charge in [0, 0.05) is 16.2 Å². The molecule has 1 heterocycles. The molecule has 0 bridgehead atoms. The molecule has 0 aliphatic carbocycles. The van der Waals surface area contributed by atoms with Crippen LogP contribution in [0.5, 0.6) is 0 Å². The molecule has 2 atom stereocenters. The molecule has 78 valence electrons. The number of pyridine rings is 1. The Labute approximate surface area is 97.3 Å². The Morgan fingerprint density at radius 2 is 2.43 bits per heavy atom. The van der Waals surface area contributed by atoms with Gasteiger partial charge in [-0.25, -0.2) is 9.19 Å². The normalized spacial score (nSPS) is 15.1. The van der Waals surface area contributed by atoms with Crippen molar-refractivity contribution < 1.29 is 12.9 Å². The van der Waals surface area contributed by atoms with Crippen LogP contribution in [0.4, 0.5) is 0 Å². The monoisotopic (exact) mass is 298 g/mol. The molecule has 0 N–H and O–H groups in total. The van der Waals surface area contributed by atoms with E-state index in [1.165, 1.54) is 6.20 Å². The van der Waals surface area contributed by atoms with Gasteiger partial charge in [0.1, 0.15) is 5.15 Å². The SMILES string of the molecule is CC(OS(=O)[O-])c1cc(Br)cnc1Cl. The van der Waals surface area contributed by atoms with Crippen LogP contribution in [0.15, 0.2) is 16.7 Å². The Balaban J connectivity index is 2.93. The molecule has 0 spiro atoms. The highest BCUT2D eigenvalue weighted by molar-refractivity contribution is 9.10. The minimum Gasteiger partial charge on any atom is -0.750 e. The predicted octanol–water partition coefficient (Wildman–Crippen LogP) is 2.37. The van der Waals surface area contributed by atoms with Gasteiger partial charge in [0.15, 0.2) is 0 Å². The van der Waals surface area contributed by atoms with E-state index in [1.54, 1.807) is 13.0 Å². The summed E-state index contributed by atoms with van der Waals surface area (Å²) in [6, 6.07) is 1.66. The highest BCUT2D eigenvalue weighted by Crippen LogP contribution is 2.26. The van der Waals surface area contributed by atoms with Crippen molar-refractivity contribution in [3.8, 4) is 0 Å². The van der Waals surface area contributed by atoms with E-state index in [0.29, 0.717) is 10.0 Å². The largest absolute Gasteiger partial charge is 0.750 e. The molecule has 0 aliphatic heterocycles. The Morgan fingerprint density at radius 1 is 1.79 bits per heavy atom. The molecule has 0 aromatic carbocycles. The molecule has 0 saturated heterocycles. The highest BCUT2D eigenvalue weighted by Gasteiger charge is 2.12. The van der Waals surface area contributed by atoms with Gasteiger partial charge < -0.3 is 4.55 Å². The zero-order valence-electron chi connectivity index (χ0n) is 7.07. The second-order valence-electron chi connectivity index (χ2n) is 2.48. The van der Waals surface area contributed by atoms with Gasteiger partial charge in [-0.05, 0) is 28.9 Å². The van der Waals surface area contributed by atoms with Gasteiger partial charge in [0.05, 0.1) is 17.5 Å². The molecule has 1 aromatic rings. The predicted molar refractivity (Wildman–Crippen MR) is 55.4 cm³/mol. The van der Waals surface area contributed by atoms with E-state index >= 15 is 0 Å². The summed E-state index contributed by atoms with van der Waals surface area (Å²) in [7, 11) is 0. The Bertz CT molecular complexity index is 363. The molecule has 0 aliphatic rings.